The average Bonchev–Trinajstić information content (AvgIpc) is 3.14. The van der Waals surface area contributed by atoms with Crippen molar-refractivity contribution < 1.29 is 14.0 Å². The third-order valence-corrected chi connectivity index (χ3v) is 4.04. The highest BCUT2D eigenvalue weighted by Crippen LogP contribution is 2.17. The lowest BCUT2D eigenvalue weighted by Crippen LogP contribution is -2.39. The predicted octanol–water partition coefficient (Wildman–Crippen LogP) is 2.52. The van der Waals surface area contributed by atoms with E-state index in [9.17, 15) is 9.59 Å². The van der Waals surface area contributed by atoms with E-state index in [4.69, 9.17) is 4.42 Å². The number of nitrogens with one attached hydrogen (secondary N) is 3. The second-order valence-electron chi connectivity index (χ2n) is 6.88. The molecule has 27 heavy (non-hydrogen) atoms. The minimum atomic E-state index is -0.209. The van der Waals surface area contributed by atoms with Crippen LogP contribution in [0.15, 0.2) is 47.1 Å². The van der Waals surface area contributed by atoms with Gasteiger partial charge in [0.1, 0.15) is 5.76 Å². The number of furan rings is 1. The van der Waals surface area contributed by atoms with Crippen LogP contribution >= 0.6 is 0 Å². The van der Waals surface area contributed by atoms with E-state index in [1.54, 1.807) is 18.4 Å². The van der Waals surface area contributed by atoms with Crippen molar-refractivity contribution in [3.63, 3.8) is 0 Å². The minimum absolute atomic E-state index is 0.0353. The van der Waals surface area contributed by atoms with Crippen molar-refractivity contribution >= 4 is 11.9 Å². The van der Waals surface area contributed by atoms with E-state index in [2.05, 4.69) is 16.0 Å². The highest BCUT2D eigenvalue weighted by atomic mass is 16.3. The van der Waals surface area contributed by atoms with E-state index in [0.29, 0.717) is 18.7 Å². The van der Waals surface area contributed by atoms with Crippen LogP contribution in [-0.2, 0) is 6.54 Å². The minimum Gasteiger partial charge on any atom is -0.468 e. The monoisotopic (exact) mass is 372 g/mol. The van der Waals surface area contributed by atoms with Gasteiger partial charge in [-0.3, -0.25) is 9.69 Å². The van der Waals surface area contributed by atoms with Crippen molar-refractivity contribution in [3.05, 3.63) is 59.5 Å². The molecule has 3 amide bonds. The first-order valence-corrected chi connectivity index (χ1v) is 8.98. The Morgan fingerprint density at radius 1 is 1.07 bits per heavy atom. The van der Waals surface area contributed by atoms with Crippen LogP contribution in [0.3, 0.4) is 0 Å². The molecular weight excluding hydrogens is 344 g/mol. The van der Waals surface area contributed by atoms with Gasteiger partial charge in [-0.1, -0.05) is 12.1 Å². The number of carbonyl (C=O) groups excluding carboxylic acids is 2. The number of rotatable bonds is 8. The molecule has 0 aliphatic heterocycles. The summed E-state index contributed by atoms with van der Waals surface area (Å²) in [4.78, 5) is 26.0. The number of hydrogen-bond acceptors (Lipinski definition) is 4. The van der Waals surface area contributed by atoms with Crippen molar-refractivity contribution in [1.82, 2.24) is 20.9 Å². The van der Waals surface area contributed by atoms with E-state index in [-0.39, 0.29) is 24.0 Å². The van der Waals surface area contributed by atoms with Gasteiger partial charge in [0, 0.05) is 24.7 Å². The lowest BCUT2D eigenvalue weighted by atomic mass is 10.1. The Labute approximate surface area is 160 Å². The molecule has 0 aliphatic rings. The molecule has 0 saturated carbocycles. The number of benzene rings is 1. The normalized spacial score (nSPS) is 12.1. The topological polar surface area (TPSA) is 86.6 Å². The van der Waals surface area contributed by atoms with Gasteiger partial charge in [0.15, 0.2) is 0 Å². The summed E-state index contributed by atoms with van der Waals surface area (Å²) in [5, 5.41) is 8.48. The zero-order valence-corrected chi connectivity index (χ0v) is 16.3. The van der Waals surface area contributed by atoms with Crippen molar-refractivity contribution in [2.75, 3.05) is 20.6 Å². The fourth-order valence-corrected chi connectivity index (χ4v) is 2.58. The first-order chi connectivity index (χ1) is 12.9. The fourth-order valence-electron chi connectivity index (χ4n) is 2.58. The molecule has 1 heterocycles. The summed E-state index contributed by atoms with van der Waals surface area (Å²) >= 11 is 0. The SMILES string of the molecule is CC(C)NC(=O)NCc1ccc(C(=O)NCC(c2ccco2)N(C)C)cc1. The maximum Gasteiger partial charge on any atom is 0.315 e. The fraction of sp³-hybridized carbons (Fsp3) is 0.400. The first-order valence-electron chi connectivity index (χ1n) is 8.98. The second-order valence-corrected chi connectivity index (χ2v) is 6.88. The number of amides is 3. The highest BCUT2D eigenvalue weighted by molar-refractivity contribution is 5.94. The van der Waals surface area contributed by atoms with Gasteiger partial charge < -0.3 is 20.4 Å². The molecule has 0 aliphatic carbocycles. The molecule has 1 atom stereocenters. The number of urea groups is 1. The third kappa shape index (κ3) is 6.45. The van der Waals surface area contributed by atoms with Crippen molar-refractivity contribution in [2.24, 2.45) is 0 Å². The van der Waals surface area contributed by atoms with E-state index >= 15 is 0 Å². The van der Waals surface area contributed by atoms with Gasteiger partial charge in [-0.2, -0.15) is 0 Å². The van der Waals surface area contributed by atoms with Gasteiger partial charge in [-0.15, -0.1) is 0 Å². The molecular formula is C20H28N4O3. The summed E-state index contributed by atoms with van der Waals surface area (Å²) < 4.78 is 5.45. The first kappa shape index (κ1) is 20.5. The maximum absolute atomic E-state index is 12.4. The molecule has 1 unspecified atom stereocenters. The predicted molar refractivity (Wildman–Crippen MR) is 104 cm³/mol. The quantitative estimate of drug-likeness (QED) is 0.665. The third-order valence-electron chi connectivity index (χ3n) is 4.04. The summed E-state index contributed by atoms with van der Waals surface area (Å²) in [5.74, 6) is 0.659. The zero-order chi connectivity index (χ0) is 19.8. The molecule has 0 fully saturated rings. The van der Waals surface area contributed by atoms with Gasteiger partial charge in [0.25, 0.3) is 5.91 Å². The molecule has 1 aromatic heterocycles. The average molecular weight is 372 g/mol. The maximum atomic E-state index is 12.4. The summed E-state index contributed by atoms with van der Waals surface area (Å²) in [6.45, 7) is 4.65. The van der Waals surface area contributed by atoms with Crippen LogP contribution in [0.2, 0.25) is 0 Å². The van der Waals surface area contributed by atoms with Gasteiger partial charge in [-0.05, 0) is 57.8 Å². The lowest BCUT2D eigenvalue weighted by molar-refractivity contribution is 0.0939. The molecule has 7 nitrogen and oxygen atoms in total. The number of hydrogen-bond donors (Lipinski definition) is 3. The van der Waals surface area contributed by atoms with Gasteiger partial charge in [-0.25, -0.2) is 4.79 Å². The number of likely N-dealkylation sites (N-methyl/N-ethyl adjacent to an activating group) is 1. The second kappa shape index (κ2) is 9.78. The molecule has 2 rings (SSSR count). The molecule has 0 bridgehead atoms. The van der Waals surface area contributed by atoms with Gasteiger partial charge in [0.2, 0.25) is 0 Å². The Kier molecular flexibility index (Phi) is 7.43. The molecule has 0 saturated heterocycles. The highest BCUT2D eigenvalue weighted by Gasteiger charge is 2.18. The van der Waals surface area contributed by atoms with Gasteiger partial charge >= 0.3 is 6.03 Å². The lowest BCUT2D eigenvalue weighted by Gasteiger charge is -2.22. The van der Waals surface area contributed by atoms with Crippen LogP contribution < -0.4 is 16.0 Å². The van der Waals surface area contributed by atoms with Gasteiger partial charge in [0.05, 0.1) is 12.3 Å². The molecule has 146 valence electrons. The van der Waals surface area contributed by atoms with Crippen molar-refractivity contribution in [1.29, 1.82) is 0 Å². The summed E-state index contributed by atoms with van der Waals surface area (Å²) in [6.07, 6.45) is 1.63. The van der Waals surface area contributed by atoms with Crippen LogP contribution in [-0.4, -0.2) is 43.5 Å². The van der Waals surface area contributed by atoms with Crippen LogP contribution in [0.25, 0.3) is 0 Å². The summed E-state index contributed by atoms with van der Waals surface area (Å²) in [6, 6.07) is 10.8. The zero-order valence-electron chi connectivity index (χ0n) is 16.3. The number of nitrogens with zero attached hydrogens (tertiary/aromatic N) is 1. The molecule has 0 spiro atoms. The largest absolute Gasteiger partial charge is 0.468 e. The van der Waals surface area contributed by atoms with Crippen LogP contribution in [0.5, 0.6) is 0 Å². The number of carbonyl (C=O) groups is 2. The Balaban J connectivity index is 1.87. The van der Waals surface area contributed by atoms with Crippen molar-refractivity contribution in [3.8, 4) is 0 Å². The molecule has 1 aromatic carbocycles. The van der Waals surface area contributed by atoms with Crippen LogP contribution in [0.4, 0.5) is 4.79 Å². The van der Waals surface area contributed by atoms with E-state index in [1.165, 1.54) is 0 Å². The van der Waals surface area contributed by atoms with E-state index in [1.807, 2.05) is 57.1 Å². The van der Waals surface area contributed by atoms with E-state index < -0.39 is 0 Å². The van der Waals surface area contributed by atoms with Crippen LogP contribution in [0, 0.1) is 0 Å². The smallest absolute Gasteiger partial charge is 0.315 e. The van der Waals surface area contributed by atoms with Crippen molar-refractivity contribution in [2.45, 2.75) is 32.5 Å². The summed E-state index contributed by atoms with van der Waals surface area (Å²) in [5.41, 5.74) is 1.49. The molecule has 2 aromatic rings. The Morgan fingerprint density at radius 2 is 1.78 bits per heavy atom. The molecule has 7 heteroatoms. The standard InChI is InChI=1S/C20H28N4O3/c1-14(2)23-20(26)22-12-15-7-9-16(10-8-15)19(25)21-13-17(24(3)4)18-6-5-11-27-18/h5-11,14,17H,12-13H2,1-4H3,(H,21,25)(H2,22,23,26). The Bertz CT molecular complexity index is 724. The summed E-state index contributed by atoms with van der Waals surface area (Å²) in [7, 11) is 3.88. The van der Waals surface area contributed by atoms with E-state index in [0.717, 1.165) is 11.3 Å². The molecule has 0 radical (unpaired) electrons. The molecule has 3 N–H and O–H groups in total. The van der Waals surface area contributed by atoms with Crippen LogP contribution in [0.1, 0.15) is 41.6 Å². The Hall–Kier alpha value is -2.80. The Morgan fingerprint density at radius 3 is 2.33 bits per heavy atom.